The highest BCUT2D eigenvalue weighted by Crippen LogP contribution is 2.20. The van der Waals surface area contributed by atoms with Gasteiger partial charge in [-0.25, -0.2) is 0 Å². The molecule has 0 saturated heterocycles. The highest BCUT2D eigenvalue weighted by molar-refractivity contribution is 9.09. The van der Waals surface area contributed by atoms with Crippen molar-refractivity contribution >= 4 is 15.9 Å². The molecule has 0 aliphatic rings. The Balaban J connectivity index is 2.80. The van der Waals surface area contributed by atoms with Crippen molar-refractivity contribution in [3.8, 4) is 0 Å². The van der Waals surface area contributed by atoms with Crippen LogP contribution < -0.4 is 0 Å². The van der Waals surface area contributed by atoms with Crippen molar-refractivity contribution in [2.75, 3.05) is 0 Å². The molecule has 0 radical (unpaired) electrons. The molecule has 0 saturated carbocycles. The van der Waals surface area contributed by atoms with Gasteiger partial charge in [0.25, 0.3) is 0 Å². The highest BCUT2D eigenvalue weighted by Gasteiger charge is 2.10. The summed E-state index contributed by atoms with van der Waals surface area (Å²) < 4.78 is 0. The molecule has 0 aliphatic carbocycles. The molecule has 1 aromatic rings. The number of hydrogen-bond donors (Lipinski definition) is 0. The largest absolute Gasteiger partial charge is 0.0891 e. The molecule has 0 amide bonds. The van der Waals surface area contributed by atoms with Crippen LogP contribution in [0.25, 0.3) is 0 Å². The van der Waals surface area contributed by atoms with E-state index in [0.717, 1.165) is 0 Å². The van der Waals surface area contributed by atoms with Gasteiger partial charge in [0.05, 0.1) is 0 Å². The van der Waals surface area contributed by atoms with Gasteiger partial charge < -0.3 is 0 Å². The van der Waals surface area contributed by atoms with Gasteiger partial charge in [-0.05, 0) is 37.3 Å². The molecule has 2 unspecified atom stereocenters. The van der Waals surface area contributed by atoms with Crippen LogP contribution in [0.1, 0.15) is 30.5 Å². The van der Waals surface area contributed by atoms with Crippen molar-refractivity contribution in [3.05, 3.63) is 34.9 Å². The second-order valence-electron chi connectivity index (χ2n) is 4.29. The van der Waals surface area contributed by atoms with E-state index in [0.29, 0.717) is 10.7 Å². The number of hydrogen-bond acceptors (Lipinski definition) is 0. The smallest absolute Gasteiger partial charge is 0.0146 e. The summed E-state index contributed by atoms with van der Waals surface area (Å²) in [6.45, 7) is 8.86. The fourth-order valence-electron chi connectivity index (χ4n) is 1.53. The van der Waals surface area contributed by atoms with E-state index >= 15 is 0 Å². The van der Waals surface area contributed by atoms with Crippen LogP contribution in [-0.4, -0.2) is 4.83 Å². The number of rotatable bonds is 3. The molecule has 0 bridgehead atoms. The van der Waals surface area contributed by atoms with Gasteiger partial charge in [0, 0.05) is 4.83 Å². The van der Waals surface area contributed by atoms with Gasteiger partial charge in [0.1, 0.15) is 0 Å². The molecule has 0 fully saturated rings. The Hall–Kier alpha value is -0.300. The van der Waals surface area contributed by atoms with Gasteiger partial charge in [0.15, 0.2) is 0 Å². The molecule has 0 nitrogen and oxygen atoms in total. The van der Waals surface area contributed by atoms with Crippen molar-refractivity contribution in [3.63, 3.8) is 0 Å². The molecule has 0 aliphatic heterocycles. The van der Waals surface area contributed by atoms with E-state index in [4.69, 9.17) is 0 Å². The van der Waals surface area contributed by atoms with E-state index in [1.165, 1.54) is 23.1 Å². The van der Waals surface area contributed by atoms with E-state index in [1.807, 2.05) is 0 Å². The topological polar surface area (TPSA) is 0 Å². The van der Waals surface area contributed by atoms with Crippen molar-refractivity contribution in [1.82, 2.24) is 0 Å². The summed E-state index contributed by atoms with van der Waals surface area (Å²) in [5.41, 5.74) is 4.26. The number of aryl methyl sites for hydroxylation is 2. The van der Waals surface area contributed by atoms with Crippen LogP contribution in [0.4, 0.5) is 0 Å². The summed E-state index contributed by atoms with van der Waals surface area (Å²) in [5.74, 6) is 0.690. The van der Waals surface area contributed by atoms with Crippen molar-refractivity contribution in [2.45, 2.75) is 38.9 Å². The number of alkyl halides is 1. The molecule has 0 heterocycles. The third-order valence-electron chi connectivity index (χ3n) is 2.83. The van der Waals surface area contributed by atoms with Gasteiger partial charge in [-0.3, -0.25) is 0 Å². The second-order valence-corrected chi connectivity index (χ2v) is 5.73. The predicted octanol–water partition coefficient (Wildman–Crippen LogP) is 4.27. The van der Waals surface area contributed by atoms with Gasteiger partial charge in [-0.1, -0.05) is 53.5 Å². The summed E-state index contributed by atoms with van der Waals surface area (Å²) >= 11 is 3.64. The minimum Gasteiger partial charge on any atom is -0.0891 e. The SMILES string of the molecule is Cc1ccc(C)c(CC(C)C(C)Br)c1. The van der Waals surface area contributed by atoms with Crippen LogP contribution in [0.5, 0.6) is 0 Å². The molecule has 78 valence electrons. The van der Waals surface area contributed by atoms with Gasteiger partial charge in [0.2, 0.25) is 0 Å². The lowest BCUT2D eigenvalue weighted by Gasteiger charge is -2.16. The summed E-state index contributed by atoms with van der Waals surface area (Å²) in [6.07, 6.45) is 1.17. The van der Waals surface area contributed by atoms with E-state index < -0.39 is 0 Å². The van der Waals surface area contributed by atoms with E-state index in [2.05, 4.69) is 61.8 Å². The fraction of sp³-hybridized carbons (Fsp3) is 0.538. The van der Waals surface area contributed by atoms with E-state index in [-0.39, 0.29) is 0 Å². The lowest BCUT2D eigenvalue weighted by atomic mass is 9.94. The molecule has 1 aromatic carbocycles. The Morgan fingerprint density at radius 1 is 1.21 bits per heavy atom. The quantitative estimate of drug-likeness (QED) is 0.708. The zero-order valence-corrected chi connectivity index (χ0v) is 11.1. The van der Waals surface area contributed by atoms with Crippen molar-refractivity contribution < 1.29 is 0 Å². The first-order valence-corrected chi connectivity index (χ1v) is 6.12. The molecule has 0 aromatic heterocycles. The second kappa shape index (κ2) is 4.97. The minimum atomic E-state index is 0.586. The van der Waals surface area contributed by atoms with Crippen molar-refractivity contribution in [1.29, 1.82) is 0 Å². The third-order valence-corrected chi connectivity index (χ3v) is 3.73. The summed E-state index contributed by atoms with van der Waals surface area (Å²) in [5, 5.41) is 0. The Labute approximate surface area is 95.9 Å². The van der Waals surface area contributed by atoms with Crippen LogP contribution in [0.15, 0.2) is 18.2 Å². The van der Waals surface area contributed by atoms with Gasteiger partial charge in [-0.2, -0.15) is 0 Å². The van der Waals surface area contributed by atoms with Crippen LogP contribution in [0, 0.1) is 19.8 Å². The average Bonchev–Trinajstić information content (AvgIpc) is 2.11. The van der Waals surface area contributed by atoms with E-state index in [9.17, 15) is 0 Å². The molecular weight excluding hydrogens is 236 g/mol. The standard InChI is InChI=1S/C13H19Br/c1-9-5-6-10(2)13(7-9)8-11(3)12(4)14/h5-7,11-12H,8H2,1-4H3. The van der Waals surface area contributed by atoms with Crippen molar-refractivity contribution in [2.24, 2.45) is 5.92 Å². The van der Waals surface area contributed by atoms with Gasteiger partial charge in [-0.15, -0.1) is 0 Å². The number of benzene rings is 1. The monoisotopic (exact) mass is 254 g/mol. The summed E-state index contributed by atoms with van der Waals surface area (Å²) in [7, 11) is 0. The molecule has 1 heteroatoms. The van der Waals surface area contributed by atoms with Crippen LogP contribution in [0.2, 0.25) is 0 Å². The average molecular weight is 255 g/mol. The number of halogens is 1. The Kier molecular flexibility index (Phi) is 4.18. The summed E-state index contributed by atoms with van der Waals surface area (Å²) in [6, 6.07) is 6.71. The Bertz CT molecular complexity index is 302. The van der Waals surface area contributed by atoms with Gasteiger partial charge >= 0.3 is 0 Å². The molecule has 2 atom stereocenters. The maximum absolute atomic E-state index is 3.64. The van der Waals surface area contributed by atoms with Crippen LogP contribution in [0.3, 0.4) is 0 Å². The molecule has 14 heavy (non-hydrogen) atoms. The predicted molar refractivity (Wildman–Crippen MR) is 67.2 cm³/mol. The molecular formula is C13H19Br. The minimum absolute atomic E-state index is 0.586. The van der Waals surface area contributed by atoms with E-state index in [1.54, 1.807) is 0 Å². The molecule has 1 rings (SSSR count). The highest BCUT2D eigenvalue weighted by atomic mass is 79.9. The fourth-order valence-corrected chi connectivity index (χ4v) is 1.72. The zero-order valence-electron chi connectivity index (χ0n) is 9.47. The lowest BCUT2D eigenvalue weighted by Crippen LogP contribution is -2.10. The third kappa shape index (κ3) is 3.13. The first-order chi connectivity index (χ1) is 6.50. The normalized spacial score (nSPS) is 15.2. The zero-order chi connectivity index (χ0) is 10.7. The van der Waals surface area contributed by atoms with Crippen LogP contribution >= 0.6 is 15.9 Å². The molecule has 0 N–H and O–H groups in total. The first-order valence-electron chi connectivity index (χ1n) is 5.21. The van der Waals surface area contributed by atoms with Crippen LogP contribution in [-0.2, 0) is 6.42 Å². The molecule has 0 spiro atoms. The summed E-state index contributed by atoms with van der Waals surface area (Å²) in [4.78, 5) is 0.586. The lowest BCUT2D eigenvalue weighted by molar-refractivity contribution is 0.579. The maximum atomic E-state index is 3.64. The first kappa shape index (κ1) is 11.8. The maximum Gasteiger partial charge on any atom is 0.0146 e. The Morgan fingerprint density at radius 2 is 1.86 bits per heavy atom. The Morgan fingerprint density at radius 3 is 2.43 bits per heavy atom.